The summed E-state index contributed by atoms with van der Waals surface area (Å²) in [5, 5.41) is 20.8. The fourth-order valence-electron chi connectivity index (χ4n) is 1.36. The van der Waals surface area contributed by atoms with E-state index in [1.807, 2.05) is 0 Å². The third kappa shape index (κ3) is 2.37. The summed E-state index contributed by atoms with van der Waals surface area (Å²) in [4.78, 5) is 15.4. The number of rotatable bonds is 2. The second kappa shape index (κ2) is 4.70. The Bertz CT molecular complexity index is 602. The predicted molar refractivity (Wildman–Crippen MR) is 61.9 cm³/mol. The summed E-state index contributed by atoms with van der Waals surface area (Å²) in [5.41, 5.74) is 0.199. The van der Waals surface area contributed by atoms with Crippen molar-refractivity contribution in [3.63, 3.8) is 0 Å². The van der Waals surface area contributed by atoms with E-state index in [1.165, 1.54) is 18.3 Å². The molecule has 0 saturated heterocycles. The van der Waals surface area contributed by atoms with Gasteiger partial charge in [0.05, 0.1) is 11.8 Å². The standard InChI is InChI=1S/C12H9FN2O3/c13-9-5-7(1-2-10(9)16)15-12(18)8-3-4-14-6-11(8)17/h1-6,16-17H,(H,15,18). The summed E-state index contributed by atoms with van der Waals surface area (Å²) in [7, 11) is 0. The molecule has 0 aliphatic carbocycles. The zero-order valence-corrected chi connectivity index (χ0v) is 9.09. The fraction of sp³-hybridized carbons (Fsp3) is 0. The van der Waals surface area contributed by atoms with Gasteiger partial charge in [-0.2, -0.15) is 0 Å². The molecule has 0 unspecified atom stereocenters. The summed E-state index contributed by atoms with van der Waals surface area (Å²) < 4.78 is 13.1. The summed E-state index contributed by atoms with van der Waals surface area (Å²) in [6, 6.07) is 4.78. The number of benzene rings is 1. The number of carbonyl (C=O) groups is 1. The minimum absolute atomic E-state index is 0.0264. The minimum atomic E-state index is -0.841. The molecule has 0 fully saturated rings. The van der Waals surface area contributed by atoms with Crippen LogP contribution in [0.5, 0.6) is 11.5 Å². The second-order valence-electron chi connectivity index (χ2n) is 3.51. The molecule has 1 aromatic carbocycles. The molecule has 2 aromatic rings. The van der Waals surface area contributed by atoms with Crippen molar-refractivity contribution < 1.29 is 19.4 Å². The highest BCUT2D eigenvalue weighted by Gasteiger charge is 2.11. The van der Waals surface area contributed by atoms with Crippen LogP contribution in [0.1, 0.15) is 10.4 Å². The van der Waals surface area contributed by atoms with Crippen molar-refractivity contribution in [2.24, 2.45) is 0 Å². The van der Waals surface area contributed by atoms with Gasteiger partial charge in [-0.3, -0.25) is 9.78 Å². The smallest absolute Gasteiger partial charge is 0.259 e. The molecule has 18 heavy (non-hydrogen) atoms. The topological polar surface area (TPSA) is 82.5 Å². The first-order valence-corrected chi connectivity index (χ1v) is 5.01. The first-order chi connectivity index (χ1) is 8.58. The number of amides is 1. The molecule has 1 heterocycles. The molecule has 6 heteroatoms. The largest absolute Gasteiger partial charge is 0.505 e. The zero-order valence-electron chi connectivity index (χ0n) is 9.09. The molecular weight excluding hydrogens is 239 g/mol. The Morgan fingerprint density at radius 2 is 2.00 bits per heavy atom. The van der Waals surface area contributed by atoms with Crippen molar-refractivity contribution in [2.75, 3.05) is 5.32 Å². The maximum absolute atomic E-state index is 13.1. The molecule has 0 spiro atoms. The molecule has 3 N–H and O–H groups in total. The van der Waals surface area contributed by atoms with Crippen LogP contribution in [0.4, 0.5) is 10.1 Å². The van der Waals surface area contributed by atoms with Gasteiger partial charge >= 0.3 is 0 Å². The lowest BCUT2D eigenvalue weighted by molar-refractivity contribution is 0.102. The molecule has 2 rings (SSSR count). The van der Waals surface area contributed by atoms with Crippen LogP contribution in [-0.4, -0.2) is 21.1 Å². The van der Waals surface area contributed by atoms with Crippen molar-refractivity contribution in [1.29, 1.82) is 0 Å². The fourth-order valence-corrected chi connectivity index (χ4v) is 1.36. The third-order valence-corrected chi connectivity index (χ3v) is 2.25. The van der Waals surface area contributed by atoms with E-state index >= 15 is 0 Å². The monoisotopic (exact) mass is 248 g/mol. The van der Waals surface area contributed by atoms with Gasteiger partial charge in [-0.15, -0.1) is 0 Å². The minimum Gasteiger partial charge on any atom is -0.505 e. The zero-order chi connectivity index (χ0) is 13.1. The lowest BCUT2D eigenvalue weighted by Crippen LogP contribution is -2.12. The molecule has 0 aliphatic heterocycles. The van der Waals surface area contributed by atoms with Crippen molar-refractivity contribution in [3.8, 4) is 11.5 Å². The Hall–Kier alpha value is -2.63. The summed E-state index contributed by atoms with van der Waals surface area (Å²) in [5.74, 6) is -2.21. The van der Waals surface area contributed by atoms with Crippen LogP contribution in [0.25, 0.3) is 0 Å². The number of aromatic nitrogens is 1. The van der Waals surface area contributed by atoms with Crippen LogP contribution < -0.4 is 5.32 Å². The molecule has 5 nitrogen and oxygen atoms in total. The number of aromatic hydroxyl groups is 2. The SMILES string of the molecule is O=C(Nc1ccc(O)c(F)c1)c1ccncc1O. The number of anilines is 1. The first kappa shape index (κ1) is 11.8. The lowest BCUT2D eigenvalue weighted by atomic mass is 10.2. The normalized spacial score (nSPS) is 10.1. The quantitative estimate of drug-likeness (QED) is 0.709. The molecule has 0 saturated carbocycles. The summed E-state index contributed by atoms with van der Waals surface area (Å²) in [6.45, 7) is 0. The van der Waals surface area contributed by atoms with E-state index < -0.39 is 17.5 Å². The van der Waals surface area contributed by atoms with E-state index in [0.29, 0.717) is 0 Å². The highest BCUT2D eigenvalue weighted by Crippen LogP contribution is 2.21. The average molecular weight is 248 g/mol. The maximum atomic E-state index is 13.1. The van der Waals surface area contributed by atoms with Crippen molar-refractivity contribution in [3.05, 3.63) is 48.0 Å². The van der Waals surface area contributed by atoms with Gasteiger partial charge in [0.1, 0.15) is 5.75 Å². The van der Waals surface area contributed by atoms with Gasteiger partial charge in [0, 0.05) is 18.0 Å². The van der Waals surface area contributed by atoms with Gasteiger partial charge in [0.2, 0.25) is 0 Å². The molecular formula is C12H9FN2O3. The van der Waals surface area contributed by atoms with E-state index in [1.54, 1.807) is 0 Å². The number of phenols is 1. The summed E-state index contributed by atoms with van der Waals surface area (Å²) >= 11 is 0. The van der Waals surface area contributed by atoms with Crippen molar-refractivity contribution in [2.45, 2.75) is 0 Å². The van der Waals surface area contributed by atoms with Crippen LogP contribution in [0, 0.1) is 5.82 Å². The summed E-state index contributed by atoms with van der Waals surface area (Å²) in [6.07, 6.45) is 2.48. The van der Waals surface area contributed by atoms with Crippen LogP contribution in [0.2, 0.25) is 0 Å². The Labute approximate surface area is 102 Å². The number of hydrogen-bond donors (Lipinski definition) is 3. The van der Waals surface area contributed by atoms with Gasteiger partial charge in [0.15, 0.2) is 11.6 Å². The third-order valence-electron chi connectivity index (χ3n) is 2.25. The Morgan fingerprint density at radius 3 is 2.67 bits per heavy atom. The van der Waals surface area contributed by atoms with E-state index in [9.17, 15) is 14.3 Å². The van der Waals surface area contributed by atoms with Gasteiger partial charge in [-0.1, -0.05) is 0 Å². The van der Waals surface area contributed by atoms with Crippen LogP contribution >= 0.6 is 0 Å². The number of halogens is 1. The number of phenolic OH excluding ortho intramolecular Hbond substituents is 1. The molecule has 92 valence electrons. The second-order valence-corrected chi connectivity index (χ2v) is 3.51. The van der Waals surface area contributed by atoms with Gasteiger partial charge in [-0.25, -0.2) is 4.39 Å². The van der Waals surface area contributed by atoms with Crippen molar-refractivity contribution >= 4 is 11.6 Å². The van der Waals surface area contributed by atoms with Crippen LogP contribution in [-0.2, 0) is 0 Å². The van der Waals surface area contributed by atoms with Gasteiger partial charge in [-0.05, 0) is 18.2 Å². The molecule has 0 radical (unpaired) electrons. The number of hydrogen-bond acceptors (Lipinski definition) is 4. The van der Waals surface area contributed by atoms with Gasteiger partial charge in [0.25, 0.3) is 5.91 Å². The van der Waals surface area contributed by atoms with E-state index in [-0.39, 0.29) is 17.0 Å². The first-order valence-electron chi connectivity index (χ1n) is 5.01. The maximum Gasteiger partial charge on any atom is 0.259 e. The Balaban J connectivity index is 2.22. The number of nitrogens with one attached hydrogen (secondary N) is 1. The highest BCUT2D eigenvalue weighted by atomic mass is 19.1. The highest BCUT2D eigenvalue weighted by molar-refractivity contribution is 6.05. The van der Waals surface area contributed by atoms with E-state index in [4.69, 9.17) is 5.11 Å². The number of carbonyl (C=O) groups excluding carboxylic acids is 1. The van der Waals surface area contributed by atoms with E-state index in [0.717, 1.165) is 18.3 Å². The average Bonchev–Trinajstić information content (AvgIpc) is 2.34. The predicted octanol–water partition coefficient (Wildman–Crippen LogP) is 1.88. The molecule has 1 amide bonds. The number of pyridine rings is 1. The molecule has 0 bridgehead atoms. The van der Waals surface area contributed by atoms with Crippen molar-refractivity contribution in [1.82, 2.24) is 4.98 Å². The number of nitrogens with zero attached hydrogens (tertiary/aromatic N) is 1. The Morgan fingerprint density at radius 1 is 1.22 bits per heavy atom. The lowest BCUT2D eigenvalue weighted by Gasteiger charge is -2.06. The molecule has 1 aromatic heterocycles. The Kier molecular flexibility index (Phi) is 3.09. The van der Waals surface area contributed by atoms with Crippen LogP contribution in [0.15, 0.2) is 36.7 Å². The van der Waals surface area contributed by atoms with E-state index in [2.05, 4.69) is 10.3 Å². The van der Waals surface area contributed by atoms with Gasteiger partial charge < -0.3 is 15.5 Å². The molecule has 0 atom stereocenters. The van der Waals surface area contributed by atoms with Crippen LogP contribution in [0.3, 0.4) is 0 Å². The molecule has 0 aliphatic rings.